The first-order chi connectivity index (χ1) is 8.76. The van der Waals surface area contributed by atoms with Crippen LogP contribution in [0, 0.1) is 0 Å². The van der Waals surface area contributed by atoms with Crippen molar-refractivity contribution in [2.24, 2.45) is 0 Å². The average molecular weight is 258 g/mol. The Kier molecular flexibility index (Phi) is 7.82. The van der Waals surface area contributed by atoms with E-state index in [1.54, 1.807) is 14.2 Å². The van der Waals surface area contributed by atoms with Crippen LogP contribution < -0.4 is 10.6 Å². The summed E-state index contributed by atoms with van der Waals surface area (Å²) in [7, 11) is 5.56. The quantitative estimate of drug-likeness (QED) is 0.616. The maximum absolute atomic E-state index is 5.33. The van der Waals surface area contributed by atoms with E-state index in [4.69, 9.17) is 9.47 Å². The van der Waals surface area contributed by atoms with Crippen molar-refractivity contribution < 1.29 is 9.47 Å². The minimum absolute atomic E-state index is 0.159. The molecule has 0 heterocycles. The van der Waals surface area contributed by atoms with Crippen molar-refractivity contribution >= 4 is 0 Å². The van der Waals surface area contributed by atoms with Crippen molar-refractivity contribution in [3.05, 3.63) is 0 Å². The van der Waals surface area contributed by atoms with Crippen LogP contribution in [-0.4, -0.2) is 52.6 Å². The largest absolute Gasteiger partial charge is 0.382 e. The number of ether oxygens (including phenoxy) is 2. The molecule has 4 heteroatoms. The predicted molar refractivity (Wildman–Crippen MR) is 75.0 cm³/mol. The highest BCUT2D eigenvalue weighted by Gasteiger charge is 2.29. The normalized spacial score (nSPS) is 20.8. The van der Waals surface area contributed by atoms with E-state index in [1.807, 2.05) is 0 Å². The summed E-state index contributed by atoms with van der Waals surface area (Å²) < 4.78 is 10.4. The lowest BCUT2D eigenvalue weighted by atomic mass is 9.79. The molecule has 1 aliphatic rings. The molecule has 0 aromatic heterocycles. The van der Waals surface area contributed by atoms with Crippen LogP contribution >= 0.6 is 0 Å². The van der Waals surface area contributed by atoms with Gasteiger partial charge >= 0.3 is 0 Å². The predicted octanol–water partition coefficient (Wildman–Crippen LogP) is 1.55. The second-order valence-corrected chi connectivity index (χ2v) is 5.36. The van der Waals surface area contributed by atoms with E-state index in [2.05, 4.69) is 17.7 Å². The third kappa shape index (κ3) is 5.22. The third-order valence-electron chi connectivity index (χ3n) is 4.18. The summed E-state index contributed by atoms with van der Waals surface area (Å²) in [5.41, 5.74) is 0.370. The number of hydrogen-bond donors (Lipinski definition) is 2. The number of hydrogen-bond acceptors (Lipinski definition) is 4. The molecule has 0 radical (unpaired) electrons. The summed E-state index contributed by atoms with van der Waals surface area (Å²) in [5, 5.41) is 7.03. The summed E-state index contributed by atoms with van der Waals surface area (Å²) in [6.07, 6.45) is 8.13. The first kappa shape index (κ1) is 15.9. The molecule has 18 heavy (non-hydrogen) atoms. The highest BCUT2D eigenvalue weighted by atomic mass is 16.5. The molecule has 1 fully saturated rings. The van der Waals surface area contributed by atoms with Crippen molar-refractivity contribution in [1.29, 1.82) is 0 Å². The topological polar surface area (TPSA) is 42.5 Å². The Morgan fingerprint density at radius 2 is 1.89 bits per heavy atom. The van der Waals surface area contributed by atoms with Gasteiger partial charge in [-0.05, 0) is 32.9 Å². The number of methoxy groups -OCH3 is 2. The standard InChI is InChI=1S/C14H30N2O2/c1-15-14(7-5-4-6-8-14)9-10-16-11-13(18-3)12-17-2/h13,15-16H,4-12H2,1-3H3. The van der Waals surface area contributed by atoms with Crippen LogP contribution in [0.5, 0.6) is 0 Å². The zero-order chi connectivity index (χ0) is 13.3. The van der Waals surface area contributed by atoms with Gasteiger partial charge in [0.05, 0.1) is 12.7 Å². The zero-order valence-corrected chi connectivity index (χ0v) is 12.3. The Labute approximate surface area is 112 Å². The van der Waals surface area contributed by atoms with Gasteiger partial charge in [0.2, 0.25) is 0 Å². The fraction of sp³-hybridized carbons (Fsp3) is 1.00. The van der Waals surface area contributed by atoms with Gasteiger partial charge in [-0.2, -0.15) is 0 Å². The highest BCUT2D eigenvalue weighted by Crippen LogP contribution is 2.30. The molecule has 0 aromatic carbocycles. The maximum atomic E-state index is 5.33. The lowest BCUT2D eigenvalue weighted by Crippen LogP contribution is -2.47. The summed E-state index contributed by atoms with van der Waals surface area (Å²) in [6, 6.07) is 0. The lowest BCUT2D eigenvalue weighted by Gasteiger charge is -2.37. The van der Waals surface area contributed by atoms with E-state index in [0.717, 1.165) is 13.1 Å². The van der Waals surface area contributed by atoms with Gasteiger partial charge in [-0.25, -0.2) is 0 Å². The molecule has 1 unspecified atom stereocenters. The lowest BCUT2D eigenvalue weighted by molar-refractivity contribution is 0.0286. The molecule has 0 aliphatic heterocycles. The minimum atomic E-state index is 0.159. The second kappa shape index (κ2) is 8.86. The molecule has 4 nitrogen and oxygen atoms in total. The van der Waals surface area contributed by atoms with E-state index in [1.165, 1.54) is 38.5 Å². The van der Waals surface area contributed by atoms with E-state index >= 15 is 0 Å². The number of rotatable bonds is 9. The molecular weight excluding hydrogens is 228 g/mol. The van der Waals surface area contributed by atoms with Gasteiger partial charge in [0, 0.05) is 26.3 Å². The van der Waals surface area contributed by atoms with Crippen molar-refractivity contribution in [1.82, 2.24) is 10.6 Å². The van der Waals surface area contributed by atoms with Gasteiger partial charge in [-0.15, -0.1) is 0 Å². The van der Waals surface area contributed by atoms with E-state index in [0.29, 0.717) is 12.1 Å². The van der Waals surface area contributed by atoms with Crippen molar-refractivity contribution in [2.75, 3.05) is 41.0 Å². The Balaban J connectivity index is 2.18. The molecule has 1 rings (SSSR count). The van der Waals surface area contributed by atoms with Crippen LogP contribution in [0.3, 0.4) is 0 Å². The van der Waals surface area contributed by atoms with Crippen LogP contribution in [-0.2, 0) is 9.47 Å². The molecule has 2 N–H and O–H groups in total. The first-order valence-electron chi connectivity index (χ1n) is 7.18. The highest BCUT2D eigenvalue weighted by molar-refractivity contribution is 4.90. The first-order valence-corrected chi connectivity index (χ1v) is 7.18. The van der Waals surface area contributed by atoms with Crippen LogP contribution in [0.4, 0.5) is 0 Å². The summed E-state index contributed by atoms with van der Waals surface area (Å²) in [4.78, 5) is 0. The van der Waals surface area contributed by atoms with Gasteiger partial charge in [-0.1, -0.05) is 19.3 Å². The average Bonchev–Trinajstić information content (AvgIpc) is 2.43. The van der Waals surface area contributed by atoms with Crippen molar-refractivity contribution in [3.8, 4) is 0 Å². The monoisotopic (exact) mass is 258 g/mol. The molecule has 0 bridgehead atoms. The smallest absolute Gasteiger partial charge is 0.0928 e. The van der Waals surface area contributed by atoms with Gasteiger partial charge in [0.15, 0.2) is 0 Å². The molecule has 1 saturated carbocycles. The van der Waals surface area contributed by atoms with E-state index in [9.17, 15) is 0 Å². The SMILES string of the molecule is CNC1(CCNCC(COC)OC)CCCCC1. The molecule has 0 amide bonds. The third-order valence-corrected chi connectivity index (χ3v) is 4.18. The molecule has 0 saturated heterocycles. The van der Waals surface area contributed by atoms with Gasteiger partial charge < -0.3 is 20.1 Å². The Hall–Kier alpha value is -0.160. The molecule has 0 spiro atoms. The van der Waals surface area contributed by atoms with E-state index < -0.39 is 0 Å². The molecule has 1 aliphatic carbocycles. The minimum Gasteiger partial charge on any atom is -0.382 e. The second-order valence-electron chi connectivity index (χ2n) is 5.36. The van der Waals surface area contributed by atoms with E-state index in [-0.39, 0.29) is 6.10 Å². The van der Waals surface area contributed by atoms with Crippen LogP contribution in [0.1, 0.15) is 38.5 Å². The zero-order valence-electron chi connectivity index (χ0n) is 12.3. The Morgan fingerprint density at radius 1 is 1.17 bits per heavy atom. The van der Waals surface area contributed by atoms with Crippen LogP contribution in [0.25, 0.3) is 0 Å². The summed E-state index contributed by atoms with van der Waals surface area (Å²) >= 11 is 0. The van der Waals surface area contributed by atoms with Crippen LogP contribution in [0.2, 0.25) is 0 Å². The van der Waals surface area contributed by atoms with Gasteiger partial charge in [-0.3, -0.25) is 0 Å². The molecular formula is C14H30N2O2. The van der Waals surface area contributed by atoms with Crippen LogP contribution in [0.15, 0.2) is 0 Å². The van der Waals surface area contributed by atoms with Crippen molar-refractivity contribution in [2.45, 2.75) is 50.2 Å². The Morgan fingerprint density at radius 3 is 2.44 bits per heavy atom. The summed E-state index contributed by atoms with van der Waals surface area (Å²) in [6.45, 7) is 2.56. The molecule has 1 atom stereocenters. The van der Waals surface area contributed by atoms with Gasteiger partial charge in [0.25, 0.3) is 0 Å². The number of nitrogens with one attached hydrogen (secondary N) is 2. The summed E-state index contributed by atoms with van der Waals surface area (Å²) in [5.74, 6) is 0. The molecule has 0 aromatic rings. The fourth-order valence-corrected chi connectivity index (χ4v) is 2.84. The maximum Gasteiger partial charge on any atom is 0.0928 e. The Bertz CT molecular complexity index is 206. The van der Waals surface area contributed by atoms with Gasteiger partial charge in [0.1, 0.15) is 0 Å². The molecule has 108 valence electrons. The fourth-order valence-electron chi connectivity index (χ4n) is 2.84. The van der Waals surface area contributed by atoms with Crippen molar-refractivity contribution in [3.63, 3.8) is 0 Å².